The van der Waals surface area contributed by atoms with Crippen LogP contribution in [0.5, 0.6) is 0 Å². The average Bonchev–Trinajstić information content (AvgIpc) is 2.88. The predicted octanol–water partition coefficient (Wildman–Crippen LogP) is 0.997. The van der Waals surface area contributed by atoms with Crippen molar-refractivity contribution in [2.75, 3.05) is 18.3 Å². The molecule has 0 aliphatic carbocycles. The monoisotopic (exact) mass is 309 g/mol. The summed E-state index contributed by atoms with van der Waals surface area (Å²) in [5.41, 5.74) is 1.33. The van der Waals surface area contributed by atoms with Crippen molar-refractivity contribution >= 4 is 15.7 Å². The minimum absolute atomic E-state index is 0.147. The maximum absolute atomic E-state index is 12.3. The van der Waals surface area contributed by atoms with E-state index in [4.69, 9.17) is 0 Å². The SMILES string of the molecule is CNCCCn1cc(S(=O)(=O)Nc2cncc(C)c2)cn1. The topological polar surface area (TPSA) is 88.9 Å². The zero-order chi connectivity index (χ0) is 15.3. The van der Waals surface area contributed by atoms with E-state index in [-0.39, 0.29) is 4.90 Å². The van der Waals surface area contributed by atoms with Gasteiger partial charge in [-0.15, -0.1) is 0 Å². The molecule has 0 radical (unpaired) electrons. The van der Waals surface area contributed by atoms with Crippen molar-refractivity contribution in [3.8, 4) is 0 Å². The summed E-state index contributed by atoms with van der Waals surface area (Å²) < 4.78 is 28.6. The second-order valence-corrected chi connectivity index (χ2v) is 6.44. The first-order chi connectivity index (χ1) is 10.0. The normalized spacial score (nSPS) is 11.5. The fourth-order valence-electron chi connectivity index (χ4n) is 1.85. The Morgan fingerprint density at radius 3 is 2.81 bits per heavy atom. The lowest BCUT2D eigenvalue weighted by atomic mass is 10.3. The van der Waals surface area contributed by atoms with E-state index in [9.17, 15) is 8.42 Å². The zero-order valence-corrected chi connectivity index (χ0v) is 12.9. The van der Waals surface area contributed by atoms with Crippen LogP contribution in [0, 0.1) is 6.92 Å². The Kier molecular flexibility index (Phi) is 4.92. The molecule has 0 aliphatic rings. The van der Waals surface area contributed by atoms with Crippen molar-refractivity contribution in [2.24, 2.45) is 0 Å². The first kappa shape index (κ1) is 15.5. The van der Waals surface area contributed by atoms with Crippen molar-refractivity contribution in [3.05, 3.63) is 36.4 Å². The molecule has 21 heavy (non-hydrogen) atoms. The van der Waals surface area contributed by atoms with Crippen LogP contribution in [0.15, 0.2) is 35.7 Å². The highest BCUT2D eigenvalue weighted by atomic mass is 32.2. The van der Waals surface area contributed by atoms with Crippen LogP contribution in [0.25, 0.3) is 0 Å². The molecule has 0 saturated heterocycles. The van der Waals surface area contributed by atoms with Crippen LogP contribution < -0.4 is 10.0 Å². The van der Waals surface area contributed by atoms with Crippen LogP contribution in [-0.4, -0.2) is 36.8 Å². The molecule has 8 heteroatoms. The van der Waals surface area contributed by atoms with Gasteiger partial charge < -0.3 is 5.32 Å². The Morgan fingerprint density at radius 2 is 2.10 bits per heavy atom. The minimum Gasteiger partial charge on any atom is -0.320 e. The number of nitrogens with one attached hydrogen (secondary N) is 2. The lowest BCUT2D eigenvalue weighted by molar-refractivity contribution is 0.561. The van der Waals surface area contributed by atoms with E-state index >= 15 is 0 Å². The minimum atomic E-state index is -3.63. The Morgan fingerprint density at radius 1 is 1.29 bits per heavy atom. The maximum Gasteiger partial charge on any atom is 0.265 e. The molecule has 0 aliphatic heterocycles. The summed E-state index contributed by atoms with van der Waals surface area (Å²) in [6, 6.07) is 1.72. The molecule has 2 aromatic rings. The molecule has 0 fully saturated rings. The summed E-state index contributed by atoms with van der Waals surface area (Å²) in [4.78, 5) is 4.11. The van der Waals surface area contributed by atoms with Crippen LogP contribution >= 0.6 is 0 Å². The van der Waals surface area contributed by atoms with E-state index in [1.807, 2.05) is 14.0 Å². The highest BCUT2D eigenvalue weighted by molar-refractivity contribution is 7.92. The molecule has 0 atom stereocenters. The Labute approximate surface area is 124 Å². The summed E-state index contributed by atoms with van der Waals surface area (Å²) >= 11 is 0. The van der Waals surface area contributed by atoms with Crippen LogP contribution in [-0.2, 0) is 16.6 Å². The fraction of sp³-hybridized carbons (Fsp3) is 0.385. The molecule has 0 amide bonds. The van der Waals surface area contributed by atoms with E-state index in [2.05, 4.69) is 20.1 Å². The third-order valence-corrected chi connectivity index (χ3v) is 4.20. The summed E-state index contributed by atoms with van der Waals surface area (Å²) in [7, 11) is -1.76. The summed E-state index contributed by atoms with van der Waals surface area (Å²) in [5, 5.41) is 7.10. The third kappa shape index (κ3) is 4.27. The first-order valence-electron chi connectivity index (χ1n) is 6.63. The first-order valence-corrected chi connectivity index (χ1v) is 8.11. The van der Waals surface area contributed by atoms with Gasteiger partial charge in [-0.2, -0.15) is 5.10 Å². The fourth-order valence-corrected chi connectivity index (χ4v) is 2.83. The van der Waals surface area contributed by atoms with Gasteiger partial charge in [0.1, 0.15) is 4.90 Å². The van der Waals surface area contributed by atoms with E-state index < -0.39 is 10.0 Å². The van der Waals surface area contributed by atoms with Gasteiger partial charge in [0.05, 0.1) is 18.1 Å². The van der Waals surface area contributed by atoms with Gasteiger partial charge in [0.15, 0.2) is 0 Å². The molecule has 0 spiro atoms. The van der Waals surface area contributed by atoms with E-state index in [1.165, 1.54) is 18.6 Å². The molecule has 7 nitrogen and oxygen atoms in total. The van der Waals surface area contributed by atoms with Crippen LogP contribution in [0.2, 0.25) is 0 Å². The van der Waals surface area contributed by atoms with Gasteiger partial charge >= 0.3 is 0 Å². The molecule has 0 bridgehead atoms. The zero-order valence-electron chi connectivity index (χ0n) is 12.1. The van der Waals surface area contributed by atoms with E-state index in [0.29, 0.717) is 12.2 Å². The molecule has 114 valence electrons. The molecule has 0 unspecified atom stereocenters. The quantitative estimate of drug-likeness (QED) is 0.745. The molecule has 2 heterocycles. The third-order valence-electron chi connectivity index (χ3n) is 2.86. The van der Waals surface area contributed by atoms with Crippen LogP contribution in [0.4, 0.5) is 5.69 Å². The van der Waals surface area contributed by atoms with Gasteiger partial charge in [-0.3, -0.25) is 14.4 Å². The Hall–Kier alpha value is -1.93. The van der Waals surface area contributed by atoms with Gasteiger partial charge in [0.2, 0.25) is 0 Å². The highest BCUT2D eigenvalue weighted by Gasteiger charge is 2.16. The van der Waals surface area contributed by atoms with Crippen molar-refractivity contribution < 1.29 is 8.42 Å². The van der Waals surface area contributed by atoms with Gasteiger partial charge in [0.25, 0.3) is 10.0 Å². The van der Waals surface area contributed by atoms with Crippen molar-refractivity contribution in [1.82, 2.24) is 20.1 Å². The number of hydrogen-bond acceptors (Lipinski definition) is 5. The number of nitrogens with zero attached hydrogens (tertiary/aromatic N) is 3. The average molecular weight is 309 g/mol. The molecular formula is C13H19N5O2S. The largest absolute Gasteiger partial charge is 0.320 e. The van der Waals surface area contributed by atoms with Crippen molar-refractivity contribution in [2.45, 2.75) is 24.8 Å². The highest BCUT2D eigenvalue weighted by Crippen LogP contribution is 2.15. The van der Waals surface area contributed by atoms with Crippen molar-refractivity contribution in [3.63, 3.8) is 0 Å². The Balaban J connectivity index is 2.09. The number of anilines is 1. The van der Waals surface area contributed by atoms with Gasteiger partial charge in [-0.1, -0.05) is 0 Å². The number of hydrogen-bond donors (Lipinski definition) is 2. The molecule has 2 rings (SSSR count). The van der Waals surface area contributed by atoms with Gasteiger partial charge in [-0.05, 0) is 38.6 Å². The second kappa shape index (κ2) is 6.68. The molecule has 0 aromatic carbocycles. The summed E-state index contributed by atoms with van der Waals surface area (Å²) in [5.74, 6) is 0. The number of rotatable bonds is 7. The smallest absolute Gasteiger partial charge is 0.265 e. The maximum atomic E-state index is 12.3. The number of pyridine rings is 1. The predicted molar refractivity (Wildman–Crippen MR) is 80.6 cm³/mol. The Bertz CT molecular complexity index is 696. The number of sulfonamides is 1. The van der Waals surface area contributed by atoms with Gasteiger partial charge in [-0.25, -0.2) is 8.42 Å². The lowest BCUT2D eigenvalue weighted by Crippen LogP contribution is -2.13. The van der Waals surface area contributed by atoms with Crippen LogP contribution in [0.3, 0.4) is 0 Å². The van der Waals surface area contributed by atoms with Gasteiger partial charge in [0, 0.05) is 18.9 Å². The molecule has 0 saturated carbocycles. The lowest BCUT2D eigenvalue weighted by Gasteiger charge is -2.06. The molecule has 2 aromatic heterocycles. The van der Waals surface area contributed by atoms with Crippen molar-refractivity contribution in [1.29, 1.82) is 0 Å². The molecular weight excluding hydrogens is 290 g/mol. The van der Waals surface area contributed by atoms with E-state index in [0.717, 1.165) is 18.5 Å². The summed E-state index contributed by atoms with van der Waals surface area (Å²) in [6.07, 6.45) is 6.90. The van der Waals surface area contributed by atoms with E-state index in [1.54, 1.807) is 16.9 Å². The summed E-state index contributed by atoms with van der Waals surface area (Å²) in [6.45, 7) is 3.38. The number of aryl methyl sites for hydroxylation is 2. The van der Waals surface area contributed by atoms with Crippen LogP contribution in [0.1, 0.15) is 12.0 Å². The number of aromatic nitrogens is 3. The second-order valence-electron chi connectivity index (χ2n) is 4.75. The molecule has 2 N–H and O–H groups in total. The standard InChI is InChI=1S/C13H19N5O2S/c1-11-6-12(8-15-7-11)17-21(19,20)13-9-16-18(10-13)5-3-4-14-2/h6-10,14,17H,3-5H2,1-2H3.